The van der Waals surface area contributed by atoms with Crippen LogP contribution in [0, 0.1) is 11.8 Å². The van der Waals surface area contributed by atoms with E-state index in [2.05, 4.69) is 22.5 Å². The number of carbonyl (C=O) groups excluding carboxylic acids is 1. The van der Waals surface area contributed by atoms with Gasteiger partial charge in [-0.25, -0.2) is 0 Å². The standard InChI is InChI=1S/C15H29N3O/c1-2-13-3-5-14(6-4-13)11-17-15(19)12-18-9-7-16-8-10-18/h13-14,16H,2-12H2,1H3,(H,17,19). The molecule has 1 saturated carbocycles. The highest BCUT2D eigenvalue weighted by Crippen LogP contribution is 2.29. The summed E-state index contributed by atoms with van der Waals surface area (Å²) >= 11 is 0. The Labute approximate surface area is 117 Å². The van der Waals surface area contributed by atoms with Gasteiger partial charge in [-0.05, 0) is 24.7 Å². The lowest BCUT2D eigenvalue weighted by atomic mass is 9.81. The van der Waals surface area contributed by atoms with Crippen LogP contribution < -0.4 is 10.6 Å². The molecular formula is C15H29N3O. The van der Waals surface area contributed by atoms with Crippen LogP contribution in [0.2, 0.25) is 0 Å². The Morgan fingerprint density at radius 1 is 1.16 bits per heavy atom. The molecule has 4 heteroatoms. The van der Waals surface area contributed by atoms with E-state index in [4.69, 9.17) is 0 Å². The maximum Gasteiger partial charge on any atom is 0.234 e. The first-order valence-corrected chi connectivity index (χ1v) is 7.97. The third-order valence-corrected chi connectivity index (χ3v) is 4.71. The van der Waals surface area contributed by atoms with Crippen molar-refractivity contribution in [3.63, 3.8) is 0 Å². The number of rotatable bonds is 5. The van der Waals surface area contributed by atoms with Gasteiger partial charge in [0.2, 0.25) is 5.91 Å². The van der Waals surface area contributed by atoms with Gasteiger partial charge in [-0.1, -0.05) is 26.2 Å². The highest BCUT2D eigenvalue weighted by Gasteiger charge is 2.20. The van der Waals surface area contributed by atoms with E-state index in [0.717, 1.165) is 44.6 Å². The predicted molar refractivity (Wildman–Crippen MR) is 78.1 cm³/mol. The van der Waals surface area contributed by atoms with Crippen LogP contribution in [0.4, 0.5) is 0 Å². The van der Waals surface area contributed by atoms with E-state index in [-0.39, 0.29) is 5.91 Å². The molecule has 1 heterocycles. The van der Waals surface area contributed by atoms with Crippen LogP contribution in [0.5, 0.6) is 0 Å². The van der Waals surface area contributed by atoms with Gasteiger partial charge in [0.25, 0.3) is 0 Å². The van der Waals surface area contributed by atoms with E-state index in [1.54, 1.807) is 0 Å². The number of nitrogens with one attached hydrogen (secondary N) is 2. The molecule has 0 aromatic carbocycles. The maximum atomic E-state index is 11.9. The van der Waals surface area contributed by atoms with E-state index in [1.807, 2.05) is 0 Å². The molecule has 0 radical (unpaired) electrons. The van der Waals surface area contributed by atoms with Crippen molar-refractivity contribution in [1.82, 2.24) is 15.5 Å². The molecule has 2 rings (SSSR count). The Kier molecular flexibility index (Phi) is 6.11. The molecule has 2 fully saturated rings. The summed E-state index contributed by atoms with van der Waals surface area (Å²) in [6.07, 6.45) is 6.63. The van der Waals surface area contributed by atoms with Gasteiger partial charge in [0.05, 0.1) is 6.54 Å². The first-order chi connectivity index (χ1) is 9.28. The molecule has 1 saturated heterocycles. The monoisotopic (exact) mass is 267 g/mol. The maximum absolute atomic E-state index is 11.9. The lowest BCUT2D eigenvalue weighted by Gasteiger charge is -2.29. The number of piperazine rings is 1. The molecule has 0 bridgehead atoms. The van der Waals surface area contributed by atoms with Crippen LogP contribution in [0.1, 0.15) is 39.0 Å². The summed E-state index contributed by atoms with van der Waals surface area (Å²) in [6, 6.07) is 0. The van der Waals surface area contributed by atoms with Gasteiger partial charge in [-0.15, -0.1) is 0 Å². The van der Waals surface area contributed by atoms with E-state index in [0.29, 0.717) is 6.54 Å². The van der Waals surface area contributed by atoms with Crippen LogP contribution >= 0.6 is 0 Å². The topological polar surface area (TPSA) is 44.4 Å². The second-order valence-electron chi connectivity index (χ2n) is 6.13. The fraction of sp³-hybridized carbons (Fsp3) is 0.933. The van der Waals surface area contributed by atoms with Gasteiger partial charge >= 0.3 is 0 Å². The zero-order valence-corrected chi connectivity index (χ0v) is 12.3. The minimum Gasteiger partial charge on any atom is -0.355 e. The smallest absolute Gasteiger partial charge is 0.234 e. The number of amides is 1. The summed E-state index contributed by atoms with van der Waals surface area (Å²) in [5, 5.41) is 6.44. The van der Waals surface area contributed by atoms with E-state index in [1.165, 1.54) is 32.1 Å². The second-order valence-corrected chi connectivity index (χ2v) is 6.13. The zero-order chi connectivity index (χ0) is 13.5. The van der Waals surface area contributed by atoms with E-state index < -0.39 is 0 Å². The molecule has 0 aromatic rings. The fourth-order valence-electron chi connectivity index (χ4n) is 3.23. The van der Waals surface area contributed by atoms with Crippen LogP contribution in [0.25, 0.3) is 0 Å². The summed E-state index contributed by atoms with van der Waals surface area (Å²) in [5.74, 6) is 1.86. The van der Waals surface area contributed by atoms with Gasteiger partial charge in [-0.2, -0.15) is 0 Å². The molecule has 2 aliphatic rings. The summed E-state index contributed by atoms with van der Waals surface area (Å²) < 4.78 is 0. The van der Waals surface area contributed by atoms with Crippen molar-refractivity contribution in [2.75, 3.05) is 39.3 Å². The Morgan fingerprint density at radius 3 is 2.42 bits per heavy atom. The number of carbonyl (C=O) groups is 1. The molecule has 4 nitrogen and oxygen atoms in total. The summed E-state index contributed by atoms with van der Waals surface area (Å²) in [4.78, 5) is 14.1. The first kappa shape index (κ1) is 14.8. The molecule has 110 valence electrons. The van der Waals surface area contributed by atoms with E-state index in [9.17, 15) is 4.79 Å². The fourth-order valence-corrected chi connectivity index (χ4v) is 3.23. The highest BCUT2D eigenvalue weighted by atomic mass is 16.2. The number of hydrogen-bond acceptors (Lipinski definition) is 3. The molecule has 1 aliphatic heterocycles. The SMILES string of the molecule is CCC1CCC(CNC(=O)CN2CCNCC2)CC1. The molecule has 1 amide bonds. The van der Waals surface area contributed by atoms with Crippen LogP contribution in [-0.2, 0) is 4.79 Å². The quantitative estimate of drug-likeness (QED) is 0.787. The average Bonchev–Trinajstić information content (AvgIpc) is 2.47. The molecule has 0 spiro atoms. The van der Waals surface area contributed by atoms with Crippen LogP contribution in [0.3, 0.4) is 0 Å². The van der Waals surface area contributed by atoms with Crippen LogP contribution in [0.15, 0.2) is 0 Å². The Balaban J connectivity index is 1.58. The Hall–Kier alpha value is -0.610. The normalized spacial score (nSPS) is 29.1. The van der Waals surface area contributed by atoms with Crippen molar-refractivity contribution in [2.24, 2.45) is 11.8 Å². The lowest BCUT2D eigenvalue weighted by molar-refractivity contribution is -0.122. The van der Waals surface area contributed by atoms with Crippen molar-refractivity contribution in [2.45, 2.75) is 39.0 Å². The zero-order valence-electron chi connectivity index (χ0n) is 12.3. The summed E-state index contributed by atoms with van der Waals surface area (Å²) in [5.41, 5.74) is 0. The van der Waals surface area contributed by atoms with E-state index >= 15 is 0 Å². The Bertz CT molecular complexity index is 269. The van der Waals surface area contributed by atoms with Gasteiger partial charge in [-0.3, -0.25) is 9.69 Å². The molecule has 1 aliphatic carbocycles. The average molecular weight is 267 g/mol. The highest BCUT2D eigenvalue weighted by molar-refractivity contribution is 5.78. The third kappa shape index (κ3) is 5.11. The first-order valence-electron chi connectivity index (χ1n) is 7.97. The predicted octanol–water partition coefficient (Wildman–Crippen LogP) is 1.22. The summed E-state index contributed by atoms with van der Waals surface area (Å²) in [6.45, 7) is 7.76. The van der Waals surface area contributed by atoms with Gasteiger partial charge < -0.3 is 10.6 Å². The second kappa shape index (κ2) is 7.85. The minimum absolute atomic E-state index is 0.208. The Morgan fingerprint density at radius 2 is 1.79 bits per heavy atom. The minimum atomic E-state index is 0.208. The van der Waals surface area contributed by atoms with Crippen molar-refractivity contribution in [3.05, 3.63) is 0 Å². The van der Waals surface area contributed by atoms with Gasteiger partial charge in [0.1, 0.15) is 0 Å². The van der Waals surface area contributed by atoms with Crippen LogP contribution in [-0.4, -0.2) is 50.1 Å². The summed E-state index contributed by atoms with van der Waals surface area (Å²) in [7, 11) is 0. The molecule has 0 atom stereocenters. The number of hydrogen-bond donors (Lipinski definition) is 2. The molecular weight excluding hydrogens is 238 g/mol. The lowest BCUT2D eigenvalue weighted by Crippen LogP contribution is -2.48. The van der Waals surface area contributed by atoms with Gasteiger partial charge in [0.15, 0.2) is 0 Å². The molecule has 19 heavy (non-hydrogen) atoms. The largest absolute Gasteiger partial charge is 0.355 e. The van der Waals surface area contributed by atoms with Crippen molar-refractivity contribution >= 4 is 5.91 Å². The van der Waals surface area contributed by atoms with Gasteiger partial charge in [0, 0.05) is 32.7 Å². The third-order valence-electron chi connectivity index (χ3n) is 4.71. The van der Waals surface area contributed by atoms with Crippen molar-refractivity contribution in [1.29, 1.82) is 0 Å². The molecule has 0 aromatic heterocycles. The number of nitrogens with zero attached hydrogens (tertiary/aromatic N) is 1. The van der Waals surface area contributed by atoms with Crippen molar-refractivity contribution in [3.8, 4) is 0 Å². The molecule has 0 unspecified atom stereocenters. The molecule has 2 N–H and O–H groups in total. The van der Waals surface area contributed by atoms with Crippen molar-refractivity contribution < 1.29 is 4.79 Å².